The Balaban J connectivity index is 1.82. The van der Waals surface area contributed by atoms with Gasteiger partial charge in [-0.15, -0.1) is 0 Å². The Kier molecular flexibility index (Phi) is 5.72. The van der Waals surface area contributed by atoms with Crippen LogP contribution in [-0.4, -0.2) is 44.7 Å². The van der Waals surface area contributed by atoms with Crippen LogP contribution in [0.4, 0.5) is 0 Å². The standard InChI is InChI=1S/C21H21N3O5/c1-3-12(2)17(21(28)29)23-18(25)14-4-5-15-16(10-14)20(27)24(19(15)26)11-13-6-8-22-9-7-13/h4-10,12,17H,3,11H2,1-2H3,(H,23,25)(H,28,29)/t12-,17-/m0/s1. The van der Waals surface area contributed by atoms with Crippen molar-refractivity contribution >= 4 is 23.7 Å². The van der Waals surface area contributed by atoms with Crippen LogP contribution in [0.5, 0.6) is 0 Å². The lowest BCUT2D eigenvalue weighted by Crippen LogP contribution is -2.45. The van der Waals surface area contributed by atoms with E-state index in [2.05, 4.69) is 10.3 Å². The van der Waals surface area contributed by atoms with Crippen molar-refractivity contribution in [3.05, 3.63) is 65.0 Å². The Morgan fingerprint density at radius 1 is 1.10 bits per heavy atom. The summed E-state index contributed by atoms with van der Waals surface area (Å²) in [6.07, 6.45) is 3.73. The first-order valence-corrected chi connectivity index (χ1v) is 9.26. The van der Waals surface area contributed by atoms with Crippen LogP contribution in [0.1, 0.15) is 56.9 Å². The van der Waals surface area contributed by atoms with Crippen LogP contribution < -0.4 is 5.32 Å². The van der Waals surface area contributed by atoms with Gasteiger partial charge in [0, 0.05) is 18.0 Å². The molecule has 1 aromatic heterocycles. The van der Waals surface area contributed by atoms with Gasteiger partial charge in [0.1, 0.15) is 6.04 Å². The zero-order valence-electron chi connectivity index (χ0n) is 16.1. The van der Waals surface area contributed by atoms with Crippen LogP contribution in [0.15, 0.2) is 42.7 Å². The average molecular weight is 395 g/mol. The minimum absolute atomic E-state index is 0.103. The molecule has 0 saturated carbocycles. The second kappa shape index (κ2) is 8.22. The van der Waals surface area contributed by atoms with Crippen molar-refractivity contribution < 1.29 is 24.3 Å². The molecule has 8 heteroatoms. The fourth-order valence-corrected chi connectivity index (χ4v) is 3.15. The normalized spacial score (nSPS) is 15.0. The molecule has 0 fully saturated rings. The van der Waals surface area contributed by atoms with Gasteiger partial charge in [-0.2, -0.15) is 0 Å². The summed E-state index contributed by atoms with van der Waals surface area (Å²) < 4.78 is 0. The third kappa shape index (κ3) is 4.01. The van der Waals surface area contributed by atoms with Crippen molar-refractivity contribution in [2.75, 3.05) is 0 Å². The van der Waals surface area contributed by atoms with E-state index in [0.29, 0.717) is 6.42 Å². The van der Waals surface area contributed by atoms with E-state index < -0.39 is 29.7 Å². The van der Waals surface area contributed by atoms with Gasteiger partial charge in [-0.05, 0) is 41.8 Å². The van der Waals surface area contributed by atoms with Crippen LogP contribution in [0, 0.1) is 5.92 Å². The van der Waals surface area contributed by atoms with E-state index in [9.17, 15) is 24.3 Å². The number of aromatic nitrogens is 1. The maximum atomic E-state index is 12.7. The molecule has 0 spiro atoms. The molecule has 0 bridgehead atoms. The molecular formula is C21H21N3O5. The Labute approximate surface area is 167 Å². The third-order valence-corrected chi connectivity index (χ3v) is 5.09. The summed E-state index contributed by atoms with van der Waals surface area (Å²) in [5.41, 5.74) is 1.24. The molecule has 1 aliphatic heterocycles. The highest BCUT2D eigenvalue weighted by atomic mass is 16.4. The molecule has 1 aliphatic rings. The summed E-state index contributed by atoms with van der Waals surface area (Å²) in [6.45, 7) is 3.68. The predicted molar refractivity (Wildman–Crippen MR) is 103 cm³/mol. The number of hydrogen-bond acceptors (Lipinski definition) is 5. The van der Waals surface area contributed by atoms with Gasteiger partial charge >= 0.3 is 5.97 Å². The zero-order valence-corrected chi connectivity index (χ0v) is 16.1. The number of fused-ring (bicyclic) bond motifs is 1. The van der Waals surface area contributed by atoms with Crippen LogP contribution >= 0.6 is 0 Å². The van der Waals surface area contributed by atoms with E-state index in [4.69, 9.17) is 0 Å². The Morgan fingerprint density at radius 3 is 2.38 bits per heavy atom. The monoisotopic (exact) mass is 395 g/mol. The molecule has 3 amide bonds. The van der Waals surface area contributed by atoms with Gasteiger partial charge in [-0.25, -0.2) is 4.79 Å². The van der Waals surface area contributed by atoms with Crippen molar-refractivity contribution in [2.24, 2.45) is 5.92 Å². The molecule has 2 aromatic rings. The molecule has 8 nitrogen and oxygen atoms in total. The van der Waals surface area contributed by atoms with E-state index in [1.54, 1.807) is 31.5 Å². The molecule has 2 heterocycles. The number of carbonyl (C=O) groups excluding carboxylic acids is 3. The highest BCUT2D eigenvalue weighted by Crippen LogP contribution is 2.25. The number of benzene rings is 1. The number of imide groups is 1. The lowest BCUT2D eigenvalue weighted by molar-refractivity contribution is -0.140. The summed E-state index contributed by atoms with van der Waals surface area (Å²) in [6, 6.07) is 6.57. The fourth-order valence-electron chi connectivity index (χ4n) is 3.15. The van der Waals surface area contributed by atoms with Gasteiger partial charge in [0.05, 0.1) is 17.7 Å². The molecule has 1 aromatic carbocycles. The molecule has 0 radical (unpaired) electrons. The summed E-state index contributed by atoms with van der Waals surface area (Å²) >= 11 is 0. The first kappa shape index (κ1) is 20.2. The number of nitrogens with one attached hydrogen (secondary N) is 1. The minimum atomic E-state index is -1.12. The number of amides is 3. The smallest absolute Gasteiger partial charge is 0.326 e. The Hall–Kier alpha value is -3.55. The quantitative estimate of drug-likeness (QED) is 0.694. The second-order valence-electron chi connectivity index (χ2n) is 6.99. The molecule has 29 heavy (non-hydrogen) atoms. The lowest BCUT2D eigenvalue weighted by Gasteiger charge is -2.20. The minimum Gasteiger partial charge on any atom is -0.480 e. The summed E-state index contributed by atoms with van der Waals surface area (Å²) in [4.78, 5) is 54.3. The molecule has 2 atom stereocenters. The number of aliphatic carboxylic acids is 1. The highest BCUT2D eigenvalue weighted by molar-refractivity contribution is 6.22. The van der Waals surface area contributed by atoms with Crippen molar-refractivity contribution in [1.82, 2.24) is 15.2 Å². The van der Waals surface area contributed by atoms with E-state index in [1.807, 2.05) is 6.92 Å². The molecule has 0 aliphatic carbocycles. The van der Waals surface area contributed by atoms with Gasteiger partial charge in [-0.3, -0.25) is 24.3 Å². The van der Waals surface area contributed by atoms with Crippen molar-refractivity contribution in [3.8, 4) is 0 Å². The van der Waals surface area contributed by atoms with Gasteiger partial charge in [0.15, 0.2) is 0 Å². The zero-order chi connectivity index (χ0) is 21.1. The SMILES string of the molecule is CC[C@H](C)[C@H](NC(=O)c1ccc2c(c1)C(=O)N(Cc1ccncc1)C2=O)C(=O)O. The molecule has 150 valence electrons. The van der Waals surface area contributed by atoms with E-state index >= 15 is 0 Å². The topological polar surface area (TPSA) is 117 Å². The summed E-state index contributed by atoms with van der Waals surface area (Å²) in [7, 11) is 0. The van der Waals surface area contributed by atoms with E-state index in [0.717, 1.165) is 10.5 Å². The van der Waals surface area contributed by atoms with E-state index in [-0.39, 0.29) is 29.2 Å². The van der Waals surface area contributed by atoms with Gasteiger partial charge < -0.3 is 10.4 Å². The largest absolute Gasteiger partial charge is 0.480 e. The number of carboxylic acids is 1. The first-order valence-electron chi connectivity index (χ1n) is 9.26. The highest BCUT2D eigenvalue weighted by Gasteiger charge is 2.36. The van der Waals surface area contributed by atoms with Crippen molar-refractivity contribution in [3.63, 3.8) is 0 Å². The number of nitrogens with zero attached hydrogens (tertiary/aromatic N) is 2. The van der Waals surface area contributed by atoms with Crippen molar-refractivity contribution in [1.29, 1.82) is 0 Å². The van der Waals surface area contributed by atoms with Gasteiger partial charge in [0.2, 0.25) is 0 Å². The van der Waals surface area contributed by atoms with Gasteiger partial charge in [-0.1, -0.05) is 20.3 Å². The number of carbonyl (C=O) groups is 4. The Morgan fingerprint density at radius 2 is 1.76 bits per heavy atom. The average Bonchev–Trinajstić information content (AvgIpc) is 2.96. The summed E-state index contributed by atoms with van der Waals surface area (Å²) in [5, 5.41) is 11.8. The molecule has 2 N–H and O–H groups in total. The number of pyridine rings is 1. The first-order chi connectivity index (χ1) is 13.8. The molecule has 0 unspecified atom stereocenters. The molecule has 0 saturated heterocycles. The Bertz CT molecular complexity index is 974. The van der Waals surface area contributed by atoms with Crippen LogP contribution in [0.3, 0.4) is 0 Å². The predicted octanol–water partition coefficient (Wildman–Crippen LogP) is 2.11. The second-order valence-corrected chi connectivity index (χ2v) is 6.99. The number of rotatable bonds is 7. The van der Waals surface area contributed by atoms with Crippen LogP contribution in [0.2, 0.25) is 0 Å². The van der Waals surface area contributed by atoms with Crippen LogP contribution in [-0.2, 0) is 11.3 Å². The third-order valence-electron chi connectivity index (χ3n) is 5.09. The number of hydrogen-bond donors (Lipinski definition) is 2. The van der Waals surface area contributed by atoms with Gasteiger partial charge in [0.25, 0.3) is 17.7 Å². The van der Waals surface area contributed by atoms with E-state index in [1.165, 1.54) is 18.2 Å². The number of carboxylic acid groups (broad SMARTS) is 1. The van der Waals surface area contributed by atoms with Crippen LogP contribution in [0.25, 0.3) is 0 Å². The summed E-state index contributed by atoms with van der Waals surface area (Å²) in [5.74, 6) is -2.91. The molecule has 3 rings (SSSR count). The lowest BCUT2D eigenvalue weighted by atomic mass is 9.98. The maximum absolute atomic E-state index is 12.7. The maximum Gasteiger partial charge on any atom is 0.326 e. The fraction of sp³-hybridized carbons (Fsp3) is 0.286. The van der Waals surface area contributed by atoms with Crippen molar-refractivity contribution in [2.45, 2.75) is 32.9 Å². The molecular weight excluding hydrogens is 374 g/mol.